The summed E-state index contributed by atoms with van der Waals surface area (Å²) in [6.07, 6.45) is 3.41. The Morgan fingerprint density at radius 2 is 1.89 bits per heavy atom. The summed E-state index contributed by atoms with van der Waals surface area (Å²) in [5, 5.41) is 6.00. The summed E-state index contributed by atoms with van der Waals surface area (Å²) in [5.41, 5.74) is 1.14. The minimum atomic E-state index is -3.55. The Balaban J connectivity index is 0.00000364. The van der Waals surface area contributed by atoms with Gasteiger partial charge in [-0.25, -0.2) is 13.1 Å². The molecule has 9 heteroatoms. The normalized spacial score (nSPS) is 16.0. The van der Waals surface area contributed by atoms with Crippen molar-refractivity contribution in [2.45, 2.75) is 31.1 Å². The maximum Gasteiger partial charge on any atom is 0.240 e. The number of piperidine rings is 1. The number of nitrogens with one attached hydrogen (secondary N) is 3. The summed E-state index contributed by atoms with van der Waals surface area (Å²) in [6, 6.07) is 4.93. The van der Waals surface area contributed by atoms with Gasteiger partial charge in [-0.2, -0.15) is 0 Å². The molecule has 0 unspecified atom stereocenters. The van der Waals surface area contributed by atoms with Gasteiger partial charge in [0.1, 0.15) is 0 Å². The molecule has 3 N–H and O–H groups in total. The third-order valence-corrected chi connectivity index (χ3v) is 6.46. The molecule has 1 amide bonds. The van der Waals surface area contributed by atoms with Crippen LogP contribution in [0.2, 0.25) is 0 Å². The Labute approximate surface area is 168 Å². The largest absolute Gasteiger partial charge is 0.325 e. The Morgan fingerprint density at radius 1 is 1.22 bits per heavy atom. The molecular formula is C18H31ClN4O3S. The molecule has 1 aliphatic heterocycles. The van der Waals surface area contributed by atoms with Gasteiger partial charge in [-0.05, 0) is 83.5 Å². The van der Waals surface area contributed by atoms with E-state index in [9.17, 15) is 13.2 Å². The molecule has 154 valence electrons. The topological polar surface area (TPSA) is 90.5 Å². The Morgan fingerprint density at radius 3 is 2.48 bits per heavy atom. The Kier molecular flexibility index (Phi) is 9.69. The van der Waals surface area contributed by atoms with Crippen molar-refractivity contribution in [3.8, 4) is 0 Å². The van der Waals surface area contributed by atoms with Gasteiger partial charge in [0.05, 0.1) is 11.4 Å². The van der Waals surface area contributed by atoms with Gasteiger partial charge < -0.3 is 10.6 Å². The number of nitrogens with zero attached hydrogens (tertiary/aromatic N) is 1. The van der Waals surface area contributed by atoms with Crippen molar-refractivity contribution in [1.82, 2.24) is 14.9 Å². The molecule has 0 radical (unpaired) electrons. The molecule has 1 aromatic carbocycles. The number of benzene rings is 1. The highest BCUT2D eigenvalue weighted by Gasteiger charge is 2.21. The SMILES string of the molecule is CNCCC1CCN(CC(=O)Nc2ccc(C)c(S(=O)(=O)NC)c2)CC1.Cl. The fourth-order valence-electron chi connectivity index (χ4n) is 3.26. The summed E-state index contributed by atoms with van der Waals surface area (Å²) >= 11 is 0. The van der Waals surface area contributed by atoms with E-state index in [0.717, 1.165) is 38.4 Å². The second-order valence-electron chi connectivity index (χ2n) is 6.85. The average Bonchev–Trinajstić information content (AvgIpc) is 2.62. The van der Waals surface area contributed by atoms with Crippen LogP contribution in [0.1, 0.15) is 24.8 Å². The van der Waals surface area contributed by atoms with E-state index in [0.29, 0.717) is 17.8 Å². The van der Waals surface area contributed by atoms with Crippen LogP contribution >= 0.6 is 12.4 Å². The van der Waals surface area contributed by atoms with Gasteiger partial charge in [-0.1, -0.05) is 6.07 Å². The van der Waals surface area contributed by atoms with E-state index in [2.05, 4.69) is 20.3 Å². The second kappa shape index (κ2) is 11.0. The molecule has 1 saturated heterocycles. The number of hydrogen-bond donors (Lipinski definition) is 3. The monoisotopic (exact) mass is 418 g/mol. The smallest absolute Gasteiger partial charge is 0.240 e. The number of sulfonamides is 1. The number of halogens is 1. The predicted octanol–water partition coefficient (Wildman–Crippen LogP) is 1.58. The van der Waals surface area contributed by atoms with Crippen LogP contribution in [0.15, 0.2) is 23.1 Å². The van der Waals surface area contributed by atoms with Crippen molar-refractivity contribution >= 4 is 34.0 Å². The quantitative estimate of drug-likeness (QED) is 0.596. The molecule has 1 fully saturated rings. The van der Waals surface area contributed by atoms with E-state index in [4.69, 9.17) is 0 Å². The minimum Gasteiger partial charge on any atom is -0.325 e. The second-order valence-corrected chi connectivity index (χ2v) is 8.70. The van der Waals surface area contributed by atoms with E-state index >= 15 is 0 Å². The number of amides is 1. The fraction of sp³-hybridized carbons (Fsp3) is 0.611. The van der Waals surface area contributed by atoms with Gasteiger partial charge in [-0.3, -0.25) is 9.69 Å². The lowest BCUT2D eigenvalue weighted by atomic mass is 9.93. The van der Waals surface area contributed by atoms with Gasteiger partial charge in [0.15, 0.2) is 0 Å². The summed E-state index contributed by atoms with van der Waals surface area (Å²) in [6.45, 7) is 4.95. The summed E-state index contributed by atoms with van der Waals surface area (Å²) in [4.78, 5) is 14.7. The van der Waals surface area contributed by atoms with Gasteiger partial charge >= 0.3 is 0 Å². The van der Waals surface area contributed by atoms with Crippen molar-refractivity contribution < 1.29 is 13.2 Å². The molecule has 27 heavy (non-hydrogen) atoms. The van der Waals surface area contributed by atoms with Gasteiger partial charge in [0.25, 0.3) is 0 Å². The number of aryl methyl sites for hydroxylation is 1. The molecule has 7 nitrogen and oxygen atoms in total. The molecule has 0 spiro atoms. The maximum atomic E-state index is 12.3. The first-order valence-electron chi connectivity index (χ1n) is 9.06. The molecule has 2 rings (SSSR count). The predicted molar refractivity (Wildman–Crippen MR) is 111 cm³/mol. The first-order valence-corrected chi connectivity index (χ1v) is 10.5. The fourth-order valence-corrected chi connectivity index (χ4v) is 4.26. The number of rotatable bonds is 8. The molecule has 0 atom stereocenters. The lowest BCUT2D eigenvalue weighted by Crippen LogP contribution is -2.39. The van der Waals surface area contributed by atoms with Gasteiger partial charge in [-0.15, -0.1) is 12.4 Å². The summed E-state index contributed by atoms with van der Waals surface area (Å²) < 4.78 is 26.4. The van der Waals surface area contributed by atoms with Crippen molar-refractivity contribution in [3.63, 3.8) is 0 Å². The number of carbonyl (C=O) groups is 1. The van der Waals surface area contributed by atoms with E-state index < -0.39 is 10.0 Å². The zero-order valence-corrected chi connectivity index (χ0v) is 17.9. The van der Waals surface area contributed by atoms with Crippen LogP contribution in [0.25, 0.3) is 0 Å². The standard InChI is InChI=1S/C18H30N4O3S.ClH/c1-14-4-5-16(12-17(14)26(24,25)20-3)21-18(23)13-22-10-7-15(8-11-22)6-9-19-2;/h4-5,12,15,19-20H,6-11,13H2,1-3H3,(H,21,23);1H. The average molecular weight is 419 g/mol. The van der Waals surface area contributed by atoms with Crippen LogP contribution in [-0.2, 0) is 14.8 Å². The number of likely N-dealkylation sites (tertiary alicyclic amines) is 1. The third-order valence-electron chi connectivity index (χ3n) is 4.91. The first-order chi connectivity index (χ1) is 12.4. The van der Waals surface area contributed by atoms with E-state index in [1.807, 2.05) is 7.05 Å². The lowest BCUT2D eigenvalue weighted by molar-refractivity contribution is -0.117. The summed E-state index contributed by atoms with van der Waals surface area (Å²) in [7, 11) is -0.200. The lowest BCUT2D eigenvalue weighted by Gasteiger charge is -2.31. The zero-order chi connectivity index (χ0) is 19.2. The van der Waals surface area contributed by atoms with Crippen LogP contribution < -0.4 is 15.4 Å². The molecule has 1 aliphatic rings. The molecule has 0 aliphatic carbocycles. The minimum absolute atomic E-state index is 0. The van der Waals surface area contributed by atoms with Gasteiger partial charge in [0, 0.05) is 5.69 Å². The highest BCUT2D eigenvalue weighted by Crippen LogP contribution is 2.21. The molecule has 0 saturated carbocycles. The van der Waals surface area contributed by atoms with Gasteiger partial charge in [0.2, 0.25) is 15.9 Å². The molecule has 1 heterocycles. The van der Waals surface area contributed by atoms with Crippen LogP contribution in [0.3, 0.4) is 0 Å². The van der Waals surface area contributed by atoms with Crippen molar-refractivity contribution in [2.24, 2.45) is 5.92 Å². The van der Waals surface area contributed by atoms with Crippen LogP contribution in [0, 0.1) is 12.8 Å². The van der Waals surface area contributed by atoms with Crippen LogP contribution in [0.5, 0.6) is 0 Å². The van der Waals surface area contributed by atoms with Crippen LogP contribution in [0.4, 0.5) is 5.69 Å². The van der Waals surface area contributed by atoms with E-state index in [1.165, 1.54) is 19.5 Å². The highest BCUT2D eigenvalue weighted by molar-refractivity contribution is 7.89. The number of carbonyl (C=O) groups excluding carboxylic acids is 1. The molecule has 0 bridgehead atoms. The maximum absolute atomic E-state index is 12.3. The number of anilines is 1. The number of hydrogen-bond acceptors (Lipinski definition) is 5. The molecule has 0 aromatic heterocycles. The Hall–Kier alpha value is -1.19. The Bertz CT molecular complexity index is 719. The van der Waals surface area contributed by atoms with E-state index in [-0.39, 0.29) is 23.2 Å². The van der Waals surface area contributed by atoms with E-state index in [1.54, 1.807) is 19.1 Å². The van der Waals surface area contributed by atoms with Crippen molar-refractivity contribution in [3.05, 3.63) is 23.8 Å². The molecule has 1 aromatic rings. The zero-order valence-electron chi connectivity index (χ0n) is 16.2. The van der Waals surface area contributed by atoms with Crippen molar-refractivity contribution in [2.75, 3.05) is 45.6 Å². The third kappa shape index (κ3) is 7.04. The van der Waals surface area contributed by atoms with Crippen molar-refractivity contribution in [1.29, 1.82) is 0 Å². The summed E-state index contributed by atoms with van der Waals surface area (Å²) in [5.74, 6) is 0.614. The highest BCUT2D eigenvalue weighted by atomic mass is 35.5. The molecular weight excluding hydrogens is 388 g/mol. The van der Waals surface area contributed by atoms with Crippen LogP contribution in [-0.4, -0.2) is 59.5 Å². The first kappa shape index (κ1) is 23.8.